The number of hydrogen-bond donors (Lipinski definition) is 1. The van der Waals surface area contributed by atoms with Crippen LogP contribution in [0.1, 0.15) is 71.2 Å². The Bertz CT molecular complexity index is 1530. The van der Waals surface area contributed by atoms with E-state index in [2.05, 4.69) is 5.16 Å². The molecule has 37 heavy (non-hydrogen) atoms. The van der Waals surface area contributed by atoms with Crippen LogP contribution >= 0.6 is 34.8 Å². The number of carboxylic acids is 1. The Morgan fingerprint density at radius 1 is 1.03 bits per heavy atom. The van der Waals surface area contributed by atoms with Crippen LogP contribution in [0.15, 0.2) is 65.2 Å². The van der Waals surface area contributed by atoms with Crippen LogP contribution < -0.4 is 4.74 Å². The van der Waals surface area contributed by atoms with Crippen molar-refractivity contribution in [3.05, 3.63) is 104 Å². The zero-order valence-electron chi connectivity index (χ0n) is 20.5. The fourth-order valence-electron chi connectivity index (χ4n) is 4.79. The van der Waals surface area contributed by atoms with E-state index in [-0.39, 0.29) is 23.3 Å². The zero-order chi connectivity index (χ0) is 26.6. The first-order valence-electron chi connectivity index (χ1n) is 12.5. The number of ether oxygens (including phenoxy) is 1. The Morgan fingerprint density at radius 3 is 2.49 bits per heavy atom. The summed E-state index contributed by atoms with van der Waals surface area (Å²) < 4.78 is 20.6. The van der Waals surface area contributed by atoms with Crippen molar-refractivity contribution in [3.63, 3.8) is 0 Å². The number of carboxylic acid groups (broad SMARTS) is 1. The summed E-state index contributed by atoms with van der Waals surface area (Å²) in [6.07, 6.45) is 2.81. The summed E-state index contributed by atoms with van der Waals surface area (Å²) in [7, 11) is 0. The second-order valence-corrected chi connectivity index (χ2v) is 10.7. The number of carbonyl (C=O) groups is 1. The summed E-state index contributed by atoms with van der Waals surface area (Å²) in [6.45, 7) is -1.13. The van der Waals surface area contributed by atoms with Crippen molar-refractivity contribution in [1.29, 1.82) is 0 Å². The Labute approximate surface area is 230 Å². The highest BCUT2D eigenvalue weighted by Crippen LogP contribution is 2.56. The number of rotatable bonds is 8. The summed E-state index contributed by atoms with van der Waals surface area (Å²) in [6, 6.07) is 17.7. The van der Waals surface area contributed by atoms with Crippen molar-refractivity contribution in [3.8, 4) is 17.0 Å². The minimum atomic E-state index is -1.13. The Kier molecular flexibility index (Phi) is 6.08. The lowest BCUT2D eigenvalue weighted by Gasteiger charge is -2.11. The molecule has 1 aromatic heterocycles. The number of halogens is 3. The molecule has 1 N–H and O–H groups in total. The van der Waals surface area contributed by atoms with Crippen LogP contribution in [0.3, 0.4) is 0 Å². The molecule has 2 fully saturated rings. The number of hydrogen-bond acceptors (Lipinski definition) is 4. The molecule has 0 saturated heterocycles. The summed E-state index contributed by atoms with van der Waals surface area (Å²) >= 11 is 19.6. The largest absolute Gasteiger partial charge is 0.489 e. The van der Waals surface area contributed by atoms with Gasteiger partial charge in [0.2, 0.25) is 0 Å². The van der Waals surface area contributed by atoms with Gasteiger partial charge in [0, 0.05) is 16.5 Å². The molecule has 8 heteroatoms. The topological polar surface area (TPSA) is 72.6 Å². The molecule has 5 nitrogen and oxygen atoms in total. The SMILES string of the molecule is [2H]C(Oc1ccc([C@@H]2C[C@@H]2c2cccc(C(=O)O)c2)c(Cl)c1)c1c(-c2c(Cl)cccc2Cl)noc1C1CC1. The van der Waals surface area contributed by atoms with Crippen LogP contribution in [0.25, 0.3) is 11.3 Å². The standard InChI is InChI=1S/C29H22Cl3NO4/c30-23-5-2-6-24(31)26(23)27-22(28(37-33-27)15-7-8-15)14-36-18-9-10-19(25(32)12-18)21-13-20(21)16-3-1-4-17(11-16)29(34)35/h1-6,9-12,15,20-21H,7-8,13-14H2,(H,34,35)/t20-,21+/m1/s1/i14D/t14?,20-,21+. The molecule has 0 aliphatic heterocycles. The van der Waals surface area contributed by atoms with Gasteiger partial charge in [0.1, 0.15) is 23.8 Å². The van der Waals surface area contributed by atoms with Gasteiger partial charge in [-0.15, -0.1) is 0 Å². The summed E-state index contributed by atoms with van der Waals surface area (Å²) in [5, 5.41) is 14.9. The van der Waals surface area contributed by atoms with E-state index in [0.29, 0.717) is 43.4 Å². The monoisotopic (exact) mass is 554 g/mol. The minimum Gasteiger partial charge on any atom is -0.489 e. The van der Waals surface area contributed by atoms with Crippen LogP contribution in [-0.4, -0.2) is 16.2 Å². The van der Waals surface area contributed by atoms with Crippen molar-refractivity contribution in [2.45, 2.75) is 43.6 Å². The van der Waals surface area contributed by atoms with Crippen molar-refractivity contribution in [2.75, 3.05) is 0 Å². The van der Waals surface area contributed by atoms with Crippen LogP contribution in [0.5, 0.6) is 5.75 Å². The summed E-state index contributed by atoms with van der Waals surface area (Å²) in [5.41, 5.74) is 3.68. The number of nitrogens with zero attached hydrogens (tertiary/aromatic N) is 1. The maximum absolute atomic E-state index is 11.3. The van der Waals surface area contributed by atoms with E-state index in [1.54, 1.807) is 48.5 Å². The maximum Gasteiger partial charge on any atom is 0.335 e. The van der Waals surface area contributed by atoms with E-state index in [1.807, 2.05) is 12.1 Å². The number of aromatic carboxylic acids is 1. The predicted octanol–water partition coefficient (Wildman–Crippen LogP) is 8.73. The van der Waals surface area contributed by atoms with Gasteiger partial charge in [-0.2, -0.15) is 0 Å². The lowest BCUT2D eigenvalue weighted by molar-refractivity contribution is 0.0696. The highest BCUT2D eigenvalue weighted by Gasteiger charge is 2.41. The third-order valence-corrected chi connectivity index (χ3v) is 7.90. The average Bonchev–Trinajstić information content (AvgIpc) is 3.82. The molecule has 2 saturated carbocycles. The highest BCUT2D eigenvalue weighted by molar-refractivity contribution is 6.39. The molecule has 2 aliphatic carbocycles. The van der Waals surface area contributed by atoms with Gasteiger partial charge in [0.05, 0.1) is 22.5 Å². The van der Waals surface area contributed by atoms with E-state index in [0.717, 1.165) is 30.4 Å². The van der Waals surface area contributed by atoms with Crippen LogP contribution in [0.4, 0.5) is 0 Å². The van der Waals surface area contributed by atoms with Gasteiger partial charge in [0.15, 0.2) is 0 Å². The second-order valence-electron chi connectivity index (χ2n) is 9.48. The van der Waals surface area contributed by atoms with Gasteiger partial charge in [-0.3, -0.25) is 0 Å². The molecule has 0 bridgehead atoms. The van der Waals surface area contributed by atoms with Gasteiger partial charge in [-0.05, 0) is 78.6 Å². The first-order valence-corrected chi connectivity index (χ1v) is 13.1. The van der Waals surface area contributed by atoms with Crippen LogP contribution in [-0.2, 0) is 6.58 Å². The minimum absolute atomic E-state index is 0.195. The summed E-state index contributed by atoms with van der Waals surface area (Å²) in [5.74, 6) is 0.739. The quantitative estimate of drug-likeness (QED) is 0.235. The molecule has 0 radical (unpaired) electrons. The predicted molar refractivity (Wildman–Crippen MR) is 143 cm³/mol. The smallest absolute Gasteiger partial charge is 0.335 e. The van der Waals surface area contributed by atoms with Crippen molar-refractivity contribution < 1.29 is 20.5 Å². The fraction of sp³-hybridized carbons (Fsp3) is 0.241. The van der Waals surface area contributed by atoms with Gasteiger partial charge in [-0.1, -0.05) is 64.2 Å². The molecule has 0 spiro atoms. The molecular weight excluding hydrogens is 533 g/mol. The van der Waals surface area contributed by atoms with Gasteiger partial charge < -0.3 is 14.4 Å². The molecule has 3 atom stereocenters. The third kappa shape index (κ3) is 4.84. The lowest BCUT2D eigenvalue weighted by Crippen LogP contribution is -2.00. The summed E-state index contributed by atoms with van der Waals surface area (Å²) in [4.78, 5) is 11.3. The Balaban J connectivity index is 1.24. The van der Waals surface area contributed by atoms with Gasteiger partial charge >= 0.3 is 5.97 Å². The second kappa shape index (κ2) is 9.71. The van der Waals surface area contributed by atoms with E-state index in [1.165, 1.54) is 0 Å². The molecule has 0 amide bonds. The van der Waals surface area contributed by atoms with Gasteiger partial charge in [0.25, 0.3) is 0 Å². The number of benzene rings is 3. The van der Waals surface area contributed by atoms with E-state index in [4.69, 9.17) is 45.4 Å². The molecule has 1 heterocycles. The Hall–Kier alpha value is -2.99. The molecule has 4 aromatic rings. The third-order valence-electron chi connectivity index (χ3n) is 6.94. The Morgan fingerprint density at radius 2 is 1.78 bits per heavy atom. The molecule has 2 aliphatic rings. The number of aromatic nitrogens is 1. The van der Waals surface area contributed by atoms with Crippen LogP contribution in [0.2, 0.25) is 15.1 Å². The fourth-order valence-corrected chi connectivity index (χ4v) is 5.67. The molecule has 6 rings (SSSR count). The maximum atomic E-state index is 11.3. The van der Waals surface area contributed by atoms with Crippen molar-refractivity contribution in [1.82, 2.24) is 5.16 Å². The van der Waals surface area contributed by atoms with E-state index < -0.39 is 12.6 Å². The normalized spacial score (nSPS) is 19.8. The first-order chi connectivity index (χ1) is 18.3. The lowest BCUT2D eigenvalue weighted by atomic mass is 10.0. The average molecular weight is 556 g/mol. The zero-order valence-corrected chi connectivity index (χ0v) is 21.7. The van der Waals surface area contributed by atoms with E-state index >= 15 is 0 Å². The molecular formula is C29H22Cl3NO4. The van der Waals surface area contributed by atoms with Crippen LogP contribution in [0, 0.1) is 0 Å². The molecule has 188 valence electrons. The first kappa shape index (κ1) is 23.2. The van der Waals surface area contributed by atoms with Gasteiger partial charge in [-0.25, -0.2) is 4.79 Å². The highest BCUT2D eigenvalue weighted by atomic mass is 35.5. The van der Waals surface area contributed by atoms with E-state index in [9.17, 15) is 9.90 Å². The van der Waals surface area contributed by atoms with Crippen molar-refractivity contribution >= 4 is 40.8 Å². The molecule has 3 aromatic carbocycles. The molecule has 1 unspecified atom stereocenters. The van der Waals surface area contributed by atoms with Crippen molar-refractivity contribution in [2.24, 2.45) is 0 Å².